The molecule has 0 bridgehead atoms. The van der Waals surface area contributed by atoms with E-state index in [1.807, 2.05) is 27.7 Å². The van der Waals surface area contributed by atoms with Crippen LogP contribution in [-0.2, 0) is 19.3 Å². The molecule has 0 aliphatic carbocycles. The quantitative estimate of drug-likeness (QED) is 0.834. The van der Waals surface area contributed by atoms with Gasteiger partial charge in [-0.25, -0.2) is 13.6 Å². The minimum absolute atomic E-state index is 0.0553. The lowest BCUT2D eigenvalue weighted by Gasteiger charge is -2.32. The molecule has 1 heterocycles. The average Bonchev–Trinajstić information content (AvgIpc) is 2.46. The first-order chi connectivity index (χ1) is 8.96. The van der Waals surface area contributed by atoms with Crippen molar-refractivity contribution >= 4 is 34.2 Å². The topological polar surface area (TPSA) is 78.6 Å². The molecule has 1 fully saturated rings. The number of rotatable bonds is 2. The molecule has 1 aromatic carbocycles. The van der Waals surface area contributed by atoms with Crippen molar-refractivity contribution in [1.29, 1.82) is 0 Å². The van der Waals surface area contributed by atoms with Gasteiger partial charge in [0, 0.05) is 5.46 Å². The van der Waals surface area contributed by atoms with Crippen LogP contribution in [-0.4, -0.2) is 26.7 Å². The summed E-state index contributed by atoms with van der Waals surface area (Å²) in [5.74, 6) is 0. The molecule has 0 amide bonds. The van der Waals surface area contributed by atoms with Crippen LogP contribution in [0.4, 0.5) is 0 Å². The van der Waals surface area contributed by atoms with Crippen LogP contribution in [0.15, 0.2) is 23.1 Å². The third-order valence-corrected chi connectivity index (χ3v) is 5.24. The summed E-state index contributed by atoms with van der Waals surface area (Å²) in [5.41, 5.74) is -0.829. The monoisotopic (exact) mass is 317 g/mol. The zero-order valence-corrected chi connectivity index (χ0v) is 13.4. The molecular formula is C12H17BClNO4S. The molecule has 1 saturated heterocycles. The van der Waals surface area contributed by atoms with Gasteiger partial charge in [-0.05, 0) is 33.8 Å². The second-order valence-corrected chi connectivity index (χ2v) is 7.70. The van der Waals surface area contributed by atoms with E-state index in [2.05, 4.69) is 0 Å². The lowest BCUT2D eigenvalue weighted by Crippen LogP contribution is -2.41. The Kier molecular flexibility index (Phi) is 3.72. The third kappa shape index (κ3) is 2.60. The first-order valence-corrected chi connectivity index (χ1v) is 8.05. The van der Waals surface area contributed by atoms with Crippen molar-refractivity contribution in [3.05, 3.63) is 23.2 Å². The van der Waals surface area contributed by atoms with Gasteiger partial charge < -0.3 is 9.31 Å². The van der Waals surface area contributed by atoms with Gasteiger partial charge in [-0.2, -0.15) is 0 Å². The van der Waals surface area contributed by atoms with Crippen molar-refractivity contribution in [1.82, 2.24) is 0 Å². The molecular weight excluding hydrogens is 300 g/mol. The first kappa shape index (κ1) is 15.8. The molecule has 0 aromatic heterocycles. The smallest absolute Gasteiger partial charge is 0.399 e. The molecule has 0 saturated carbocycles. The molecule has 8 heteroatoms. The normalized spacial score (nSPS) is 21.2. The Hall–Kier alpha value is -0.595. The molecule has 1 aliphatic heterocycles. The summed E-state index contributed by atoms with van der Waals surface area (Å²) in [7, 11) is -4.79. The molecule has 0 atom stereocenters. The van der Waals surface area contributed by atoms with Crippen molar-refractivity contribution in [3.8, 4) is 0 Å². The van der Waals surface area contributed by atoms with Gasteiger partial charge in [0.2, 0.25) is 10.0 Å². The second kappa shape index (κ2) is 4.71. The van der Waals surface area contributed by atoms with Crippen LogP contribution in [0.1, 0.15) is 27.7 Å². The van der Waals surface area contributed by atoms with Crippen molar-refractivity contribution in [2.75, 3.05) is 0 Å². The van der Waals surface area contributed by atoms with E-state index in [0.717, 1.165) is 0 Å². The Morgan fingerprint density at radius 2 is 1.65 bits per heavy atom. The minimum Gasteiger partial charge on any atom is -0.399 e. The summed E-state index contributed by atoms with van der Waals surface area (Å²) < 4.78 is 35.2. The van der Waals surface area contributed by atoms with Gasteiger partial charge in [-0.15, -0.1) is 0 Å². The first-order valence-electron chi connectivity index (χ1n) is 6.12. The zero-order valence-electron chi connectivity index (χ0n) is 11.8. The van der Waals surface area contributed by atoms with E-state index in [4.69, 9.17) is 26.0 Å². The summed E-state index contributed by atoms with van der Waals surface area (Å²) >= 11 is 5.96. The van der Waals surface area contributed by atoms with Crippen LogP contribution in [0.3, 0.4) is 0 Å². The molecule has 110 valence electrons. The van der Waals surface area contributed by atoms with Gasteiger partial charge >= 0.3 is 7.12 Å². The largest absolute Gasteiger partial charge is 0.496 e. The van der Waals surface area contributed by atoms with E-state index >= 15 is 0 Å². The molecule has 0 unspecified atom stereocenters. The predicted octanol–water partition coefficient (Wildman–Crippen LogP) is 1.29. The maximum absolute atomic E-state index is 11.7. The Morgan fingerprint density at radius 1 is 1.15 bits per heavy atom. The number of hydrogen-bond acceptors (Lipinski definition) is 4. The zero-order chi connectivity index (χ0) is 15.3. The predicted molar refractivity (Wildman–Crippen MR) is 78.5 cm³/mol. The third-order valence-electron chi connectivity index (χ3n) is 3.79. The lowest BCUT2D eigenvalue weighted by molar-refractivity contribution is 0.00578. The summed E-state index contributed by atoms with van der Waals surface area (Å²) in [6, 6.07) is 4.70. The van der Waals surface area contributed by atoms with Crippen LogP contribution in [0.25, 0.3) is 0 Å². The highest BCUT2D eigenvalue weighted by Gasteiger charge is 2.52. The van der Waals surface area contributed by atoms with Crippen LogP contribution in [0.2, 0.25) is 5.02 Å². The second-order valence-electron chi connectivity index (χ2n) is 5.79. The fourth-order valence-corrected chi connectivity index (χ4v) is 3.32. The fraction of sp³-hybridized carbons (Fsp3) is 0.500. The van der Waals surface area contributed by atoms with Crippen LogP contribution in [0.5, 0.6) is 0 Å². The van der Waals surface area contributed by atoms with Gasteiger partial charge in [-0.1, -0.05) is 23.7 Å². The summed E-state index contributed by atoms with van der Waals surface area (Å²) in [6.07, 6.45) is 0. The van der Waals surface area contributed by atoms with E-state index in [9.17, 15) is 8.42 Å². The highest BCUT2D eigenvalue weighted by molar-refractivity contribution is 7.89. The Bertz CT molecular complexity index is 629. The standard InChI is InChI=1S/C12H17BClNO4S/c1-11(2)12(3,4)19-13(18-11)8-6-5-7-9(14)10(8)20(15,16)17/h5-7H,1-4H3,(H2,15,16,17). The van der Waals surface area contributed by atoms with Crippen molar-refractivity contribution in [3.63, 3.8) is 0 Å². The van der Waals surface area contributed by atoms with Crippen molar-refractivity contribution in [2.24, 2.45) is 5.14 Å². The van der Waals surface area contributed by atoms with E-state index in [1.54, 1.807) is 12.1 Å². The molecule has 1 aromatic rings. The highest BCUT2D eigenvalue weighted by atomic mass is 35.5. The van der Waals surface area contributed by atoms with E-state index in [-0.39, 0.29) is 9.92 Å². The lowest BCUT2D eigenvalue weighted by atomic mass is 9.79. The Morgan fingerprint density at radius 3 is 2.10 bits per heavy atom. The molecule has 5 nitrogen and oxygen atoms in total. The molecule has 2 N–H and O–H groups in total. The van der Waals surface area contributed by atoms with Gasteiger partial charge in [0.15, 0.2) is 0 Å². The van der Waals surface area contributed by atoms with E-state index in [1.165, 1.54) is 6.07 Å². The summed E-state index contributed by atoms with van der Waals surface area (Å²) in [5, 5.41) is 5.29. The number of nitrogens with two attached hydrogens (primary N) is 1. The molecule has 20 heavy (non-hydrogen) atoms. The average molecular weight is 318 g/mol. The molecule has 2 rings (SSSR count). The maximum Gasteiger partial charge on any atom is 0.496 e. The van der Waals surface area contributed by atoms with E-state index < -0.39 is 28.3 Å². The van der Waals surface area contributed by atoms with Gasteiger partial charge in [0.05, 0.1) is 16.2 Å². The molecule has 0 spiro atoms. The Labute approximate surface area is 124 Å². The number of primary sulfonamides is 1. The molecule has 0 radical (unpaired) electrons. The Balaban J connectivity index is 2.55. The van der Waals surface area contributed by atoms with Crippen molar-refractivity contribution < 1.29 is 17.7 Å². The van der Waals surface area contributed by atoms with Gasteiger partial charge in [-0.3, -0.25) is 0 Å². The summed E-state index contributed by atoms with van der Waals surface area (Å²) in [4.78, 5) is -0.153. The number of sulfonamides is 1. The number of hydrogen-bond donors (Lipinski definition) is 1. The number of halogens is 1. The van der Waals surface area contributed by atoms with Crippen LogP contribution < -0.4 is 10.6 Å². The van der Waals surface area contributed by atoms with Crippen LogP contribution >= 0.6 is 11.6 Å². The molecule has 1 aliphatic rings. The van der Waals surface area contributed by atoms with Gasteiger partial charge in [0.1, 0.15) is 4.90 Å². The number of benzene rings is 1. The van der Waals surface area contributed by atoms with Crippen LogP contribution in [0, 0.1) is 0 Å². The maximum atomic E-state index is 11.7. The van der Waals surface area contributed by atoms with E-state index in [0.29, 0.717) is 5.46 Å². The van der Waals surface area contributed by atoms with Crippen molar-refractivity contribution in [2.45, 2.75) is 43.8 Å². The van der Waals surface area contributed by atoms with Gasteiger partial charge in [0.25, 0.3) is 0 Å². The summed E-state index contributed by atoms with van der Waals surface area (Å²) in [6.45, 7) is 7.53. The fourth-order valence-electron chi connectivity index (χ4n) is 1.98. The minimum atomic E-state index is -3.97. The highest BCUT2D eigenvalue weighted by Crippen LogP contribution is 2.37. The SMILES string of the molecule is CC1(C)OB(c2cccc(Cl)c2S(N)(=O)=O)OC1(C)C.